The highest BCUT2D eigenvalue weighted by Crippen LogP contribution is 2.47. The van der Waals surface area contributed by atoms with Crippen LogP contribution in [0.2, 0.25) is 11.6 Å². The third-order valence-corrected chi connectivity index (χ3v) is 7.40. The standard InChI is InChI=1S/C23H42B2O4/c1-11-13-15-18(24-26-20(3,4)21(5,6)27-24)17-19(16-14-12-2)25-28-22(7,8)23(9,10)29-25/h11-12,18-19H,1-2,13-17H2,3-10H3/t18-,19-/m0/s1. The first-order chi connectivity index (χ1) is 13.3. The van der Waals surface area contributed by atoms with Crippen molar-refractivity contribution in [3.63, 3.8) is 0 Å². The Labute approximate surface area is 180 Å². The van der Waals surface area contributed by atoms with E-state index in [4.69, 9.17) is 18.6 Å². The van der Waals surface area contributed by atoms with Crippen LogP contribution < -0.4 is 0 Å². The van der Waals surface area contributed by atoms with E-state index < -0.39 is 0 Å². The summed E-state index contributed by atoms with van der Waals surface area (Å²) in [5.74, 6) is 0.505. The Morgan fingerprint density at radius 1 is 0.621 bits per heavy atom. The molecule has 0 bridgehead atoms. The number of hydrogen-bond donors (Lipinski definition) is 0. The molecule has 0 N–H and O–H groups in total. The molecule has 29 heavy (non-hydrogen) atoms. The van der Waals surface area contributed by atoms with Gasteiger partial charge in [-0.25, -0.2) is 0 Å². The first-order valence-corrected chi connectivity index (χ1v) is 11.2. The Hall–Kier alpha value is -0.550. The normalized spacial score (nSPS) is 26.3. The first kappa shape index (κ1) is 24.7. The number of allylic oxidation sites excluding steroid dienone is 2. The van der Waals surface area contributed by atoms with Crippen molar-refractivity contribution in [2.24, 2.45) is 0 Å². The van der Waals surface area contributed by atoms with Crippen molar-refractivity contribution in [1.29, 1.82) is 0 Å². The lowest BCUT2D eigenvalue weighted by molar-refractivity contribution is 0.00578. The maximum atomic E-state index is 6.41. The molecule has 2 fully saturated rings. The van der Waals surface area contributed by atoms with Crippen molar-refractivity contribution < 1.29 is 18.6 Å². The average molecular weight is 404 g/mol. The van der Waals surface area contributed by atoms with Crippen molar-refractivity contribution in [2.75, 3.05) is 0 Å². The molecule has 4 nitrogen and oxygen atoms in total. The summed E-state index contributed by atoms with van der Waals surface area (Å²) >= 11 is 0. The number of hydrogen-bond acceptors (Lipinski definition) is 4. The molecule has 0 aromatic rings. The van der Waals surface area contributed by atoms with Crippen molar-refractivity contribution in [1.82, 2.24) is 0 Å². The van der Waals surface area contributed by atoms with Crippen LogP contribution in [0.5, 0.6) is 0 Å². The van der Waals surface area contributed by atoms with Crippen molar-refractivity contribution in [3.8, 4) is 0 Å². The van der Waals surface area contributed by atoms with E-state index in [0.717, 1.165) is 32.1 Å². The van der Waals surface area contributed by atoms with Crippen LogP contribution in [0.1, 0.15) is 87.5 Å². The quantitative estimate of drug-likeness (QED) is 0.319. The van der Waals surface area contributed by atoms with Crippen LogP contribution in [0.3, 0.4) is 0 Å². The van der Waals surface area contributed by atoms with Crippen LogP contribution in [0.25, 0.3) is 0 Å². The van der Waals surface area contributed by atoms with Gasteiger partial charge in [0.2, 0.25) is 0 Å². The van der Waals surface area contributed by atoms with E-state index in [1.165, 1.54) is 0 Å². The molecule has 2 rings (SSSR count). The molecule has 2 atom stereocenters. The summed E-state index contributed by atoms with van der Waals surface area (Å²) in [5, 5.41) is 0. The van der Waals surface area contributed by atoms with Gasteiger partial charge in [0.15, 0.2) is 0 Å². The zero-order chi connectivity index (χ0) is 22.1. The Balaban J connectivity index is 2.20. The topological polar surface area (TPSA) is 36.9 Å². The van der Waals surface area contributed by atoms with Gasteiger partial charge >= 0.3 is 14.2 Å². The van der Waals surface area contributed by atoms with Gasteiger partial charge in [0.05, 0.1) is 22.4 Å². The molecule has 164 valence electrons. The highest BCUT2D eigenvalue weighted by atomic mass is 16.7. The molecule has 2 heterocycles. The van der Waals surface area contributed by atoms with Gasteiger partial charge in [-0.2, -0.15) is 0 Å². The van der Waals surface area contributed by atoms with Crippen LogP contribution in [0.15, 0.2) is 25.3 Å². The fourth-order valence-corrected chi connectivity index (χ4v) is 3.94. The van der Waals surface area contributed by atoms with Crippen LogP contribution in [0, 0.1) is 0 Å². The largest absolute Gasteiger partial charge is 0.461 e. The minimum absolute atomic E-state index is 0.228. The monoisotopic (exact) mass is 404 g/mol. The van der Waals surface area contributed by atoms with Crippen molar-refractivity contribution >= 4 is 14.2 Å². The van der Waals surface area contributed by atoms with E-state index in [1.807, 2.05) is 12.2 Å². The highest BCUT2D eigenvalue weighted by molar-refractivity contribution is 6.49. The molecule has 0 aliphatic carbocycles. The van der Waals surface area contributed by atoms with Gasteiger partial charge < -0.3 is 18.6 Å². The van der Waals surface area contributed by atoms with E-state index >= 15 is 0 Å². The van der Waals surface area contributed by atoms with Gasteiger partial charge in [0.25, 0.3) is 0 Å². The summed E-state index contributed by atoms with van der Waals surface area (Å²) in [6.07, 6.45) is 8.71. The number of rotatable bonds is 10. The highest BCUT2D eigenvalue weighted by Gasteiger charge is 2.56. The molecule has 6 heteroatoms. The first-order valence-electron chi connectivity index (χ1n) is 11.2. The smallest absolute Gasteiger partial charge is 0.403 e. The van der Waals surface area contributed by atoms with Crippen molar-refractivity contribution in [2.45, 2.75) is 122 Å². The molecule has 0 saturated carbocycles. The maximum Gasteiger partial charge on any atom is 0.461 e. The fraction of sp³-hybridized carbons (Fsp3) is 0.826. The van der Waals surface area contributed by atoms with Gasteiger partial charge in [-0.05, 0) is 92.7 Å². The molecule has 2 aliphatic heterocycles. The van der Waals surface area contributed by atoms with Crippen LogP contribution in [0.4, 0.5) is 0 Å². The van der Waals surface area contributed by atoms with E-state index in [2.05, 4.69) is 68.5 Å². The van der Waals surface area contributed by atoms with E-state index in [-0.39, 0.29) is 48.3 Å². The second kappa shape index (κ2) is 8.90. The molecular formula is C23H42B2O4. The van der Waals surface area contributed by atoms with Gasteiger partial charge in [-0.15, -0.1) is 13.2 Å². The minimum atomic E-state index is -0.328. The molecule has 0 unspecified atom stereocenters. The van der Waals surface area contributed by atoms with E-state index in [1.54, 1.807) is 0 Å². The van der Waals surface area contributed by atoms with Gasteiger partial charge in [-0.1, -0.05) is 18.6 Å². The summed E-state index contributed by atoms with van der Waals surface area (Å²) in [6.45, 7) is 24.7. The Bertz CT molecular complexity index is 503. The third-order valence-electron chi connectivity index (χ3n) is 7.40. The molecule has 2 aliphatic rings. The van der Waals surface area contributed by atoms with Gasteiger partial charge in [0.1, 0.15) is 0 Å². The van der Waals surface area contributed by atoms with Gasteiger partial charge in [-0.3, -0.25) is 0 Å². The fourth-order valence-electron chi connectivity index (χ4n) is 3.94. The van der Waals surface area contributed by atoms with Gasteiger partial charge in [0, 0.05) is 0 Å². The Morgan fingerprint density at radius 2 is 0.897 bits per heavy atom. The molecule has 0 spiro atoms. The van der Waals surface area contributed by atoms with E-state index in [0.29, 0.717) is 0 Å². The summed E-state index contributed by atoms with van der Waals surface area (Å²) in [4.78, 5) is 0. The average Bonchev–Trinajstić information content (AvgIpc) is 2.93. The molecule has 0 amide bonds. The van der Waals surface area contributed by atoms with Crippen molar-refractivity contribution in [3.05, 3.63) is 25.3 Å². The zero-order valence-corrected chi connectivity index (χ0v) is 20.0. The predicted octanol–water partition coefficient (Wildman–Crippen LogP) is 6.23. The Kier molecular flexibility index (Phi) is 7.59. The summed E-state index contributed by atoms with van der Waals surface area (Å²) < 4.78 is 25.7. The molecular weight excluding hydrogens is 362 g/mol. The summed E-state index contributed by atoms with van der Waals surface area (Å²) in [6, 6.07) is 0. The third kappa shape index (κ3) is 5.39. The lowest BCUT2D eigenvalue weighted by Crippen LogP contribution is -2.41. The molecule has 0 aromatic carbocycles. The van der Waals surface area contributed by atoms with E-state index in [9.17, 15) is 0 Å². The Morgan fingerprint density at radius 3 is 1.14 bits per heavy atom. The zero-order valence-electron chi connectivity index (χ0n) is 20.0. The van der Waals surface area contributed by atoms with Crippen LogP contribution in [-0.4, -0.2) is 36.6 Å². The predicted molar refractivity (Wildman–Crippen MR) is 123 cm³/mol. The molecule has 0 aromatic heterocycles. The summed E-state index contributed by atoms with van der Waals surface area (Å²) in [5.41, 5.74) is -1.31. The summed E-state index contributed by atoms with van der Waals surface area (Å²) in [7, 11) is -0.456. The lowest BCUT2D eigenvalue weighted by atomic mass is 9.57. The second-order valence-electron chi connectivity index (χ2n) is 10.7. The molecule has 0 radical (unpaired) electrons. The van der Waals surface area contributed by atoms with Crippen LogP contribution >= 0.6 is 0 Å². The van der Waals surface area contributed by atoms with Crippen LogP contribution in [-0.2, 0) is 18.6 Å². The second-order valence-corrected chi connectivity index (χ2v) is 10.7. The maximum absolute atomic E-state index is 6.41. The SMILES string of the molecule is C=CCC[C@@H](C[C@H](CCC=C)B1OC(C)(C)C(C)(C)O1)B1OC(C)(C)C(C)(C)O1. The molecule has 2 saturated heterocycles. The lowest BCUT2D eigenvalue weighted by Gasteiger charge is -2.32. The minimum Gasteiger partial charge on any atom is -0.403 e.